The van der Waals surface area contributed by atoms with Crippen molar-refractivity contribution in [1.82, 2.24) is 10.3 Å². The smallest absolute Gasteiger partial charge is 0.103 e. The molecule has 4 nitrogen and oxygen atoms in total. The van der Waals surface area contributed by atoms with E-state index in [9.17, 15) is 0 Å². The third kappa shape index (κ3) is 2.08. The molecule has 1 aromatic heterocycles. The van der Waals surface area contributed by atoms with E-state index >= 15 is 0 Å². The predicted molar refractivity (Wildman–Crippen MR) is 58.8 cm³/mol. The SMILES string of the molecule is Cc1cc(N2CCNCC2)c(C#N)cn1. The third-order valence-corrected chi connectivity index (χ3v) is 2.60. The molecule has 4 heteroatoms. The van der Waals surface area contributed by atoms with Gasteiger partial charge in [-0.05, 0) is 13.0 Å². The molecule has 1 aliphatic heterocycles. The van der Waals surface area contributed by atoms with E-state index in [1.807, 2.05) is 13.0 Å². The van der Waals surface area contributed by atoms with Crippen molar-refractivity contribution >= 4 is 5.69 Å². The van der Waals surface area contributed by atoms with Crippen molar-refractivity contribution in [2.24, 2.45) is 0 Å². The van der Waals surface area contributed by atoms with Gasteiger partial charge in [0.25, 0.3) is 0 Å². The fourth-order valence-corrected chi connectivity index (χ4v) is 1.80. The number of nitrogens with one attached hydrogen (secondary N) is 1. The van der Waals surface area contributed by atoms with Gasteiger partial charge < -0.3 is 10.2 Å². The van der Waals surface area contributed by atoms with Crippen molar-refractivity contribution in [2.45, 2.75) is 6.92 Å². The Kier molecular flexibility index (Phi) is 2.84. The number of piperazine rings is 1. The molecule has 1 saturated heterocycles. The number of hydrogen-bond donors (Lipinski definition) is 1. The van der Waals surface area contributed by atoms with E-state index in [0.717, 1.165) is 37.6 Å². The molecule has 78 valence electrons. The molecule has 0 amide bonds. The van der Waals surface area contributed by atoms with Crippen LogP contribution in [0.4, 0.5) is 5.69 Å². The maximum Gasteiger partial charge on any atom is 0.103 e. The van der Waals surface area contributed by atoms with Gasteiger partial charge in [0.15, 0.2) is 0 Å². The van der Waals surface area contributed by atoms with E-state index in [0.29, 0.717) is 5.56 Å². The van der Waals surface area contributed by atoms with Crippen LogP contribution in [-0.2, 0) is 0 Å². The summed E-state index contributed by atoms with van der Waals surface area (Å²) in [5, 5.41) is 12.3. The molecule has 0 bridgehead atoms. The number of rotatable bonds is 1. The van der Waals surface area contributed by atoms with Crippen LogP contribution in [0.1, 0.15) is 11.3 Å². The molecule has 0 unspecified atom stereocenters. The number of hydrogen-bond acceptors (Lipinski definition) is 4. The van der Waals surface area contributed by atoms with Gasteiger partial charge >= 0.3 is 0 Å². The summed E-state index contributed by atoms with van der Waals surface area (Å²) in [5.41, 5.74) is 2.65. The summed E-state index contributed by atoms with van der Waals surface area (Å²) in [4.78, 5) is 6.38. The Labute approximate surface area is 89.5 Å². The van der Waals surface area contributed by atoms with Gasteiger partial charge in [-0.15, -0.1) is 0 Å². The summed E-state index contributed by atoms with van der Waals surface area (Å²) in [7, 11) is 0. The molecule has 2 rings (SSSR count). The van der Waals surface area contributed by atoms with Crippen molar-refractivity contribution in [3.8, 4) is 6.07 Å². The van der Waals surface area contributed by atoms with Crippen LogP contribution in [0.2, 0.25) is 0 Å². The number of aromatic nitrogens is 1. The van der Waals surface area contributed by atoms with Gasteiger partial charge in [-0.25, -0.2) is 0 Å². The lowest BCUT2D eigenvalue weighted by Gasteiger charge is -2.30. The maximum absolute atomic E-state index is 9.01. The van der Waals surface area contributed by atoms with Crippen LogP contribution in [0.5, 0.6) is 0 Å². The zero-order valence-electron chi connectivity index (χ0n) is 8.82. The second kappa shape index (κ2) is 4.28. The number of aryl methyl sites for hydroxylation is 1. The van der Waals surface area contributed by atoms with Gasteiger partial charge in [-0.1, -0.05) is 0 Å². The molecule has 1 N–H and O–H groups in total. The van der Waals surface area contributed by atoms with Gasteiger partial charge in [0.1, 0.15) is 6.07 Å². The Morgan fingerprint density at radius 1 is 1.47 bits per heavy atom. The first kappa shape index (κ1) is 9.94. The number of anilines is 1. The topological polar surface area (TPSA) is 52.0 Å². The normalized spacial score (nSPS) is 16.1. The number of nitrogens with zero attached hydrogens (tertiary/aromatic N) is 3. The Hall–Kier alpha value is -1.60. The third-order valence-electron chi connectivity index (χ3n) is 2.60. The molecule has 0 radical (unpaired) electrons. The zero-order valence-corrected chi connectivity index (χ0v) is 8.82. The highest BCUT2D eigenvalue weighted by Gasteiger charge is 2.14. The summed E-state index contributed by atoms with van der Waals surface area (Å²) in [6.45, 7) is 5.82. The van der Waals surface area contributed by atoms with Crippen LogP contribution in [0, 0.1) is 18.3 Å². The molecular formula is C11H14N4. The van der Waals surface area contributed by atoms with Crippen molar-refractivity contribution in [3.63, 3.8) is 0 Å². The summed E-state index contributed by atoms with van der Waals surface area (Å²) < 4.78 is 0. The van der Waals surface area contributed by atoms with E-state index < -0.39 is 0 Å². The van der Waals surface area contributed by atoms with Crippen molar-refractivity contribution in [1.29, 1.82) is 5.26 Å². The molecule has 1 fully saturated rings. The van der Waals surface area contributed by atoms with Crippen LogP contribution >= 0.6 is 0 Å². The highest BCUT2D eigenvalue weighted by atomic mass is 15.2. The van der Waals surface area contributed by atoms with Crippen LogP contribution in [-0.4, -0.2) is 31.2 Å². The van der Waals surface area contributed by atoms with E-state index in [1.54, 1.807) is 6.20 Å². The predicted octanol–water partition coefficient (Wildman–Crippen LogP) is 0.671. The highest BCUT2D eigenvalue weighted by molar-refractivity contribution is 5.59. The van der Waals surface area contributed by atoms with E-state index in [-0.39, 0.29) is 0 Å². The summed E-state index contributed by atoms with van der Waals surface area (Å²) in [6.07, 6.45) is 1.66. The molecule has 0 aromatic carbocycles. The Bertz CT molecular complexity index is 388. The molecule has 0 saturated carbocycles. The average Bonchev–Trinajstić information content (AvgIpc) is 2.30. The minimum Gasteiger partial charge on any atom is -0.368 e. The highest BCUT2D eigenvalue weighted by Crippen LogP contribution is 2.20. The standard InChI is InChI=1S/C11H14N4/c1-9-6-11(10(7-12)8-14-9)15-4-2-13-3-5-15/h6,8,13H,2-5H2,1H3. The number of pyridine rings is 1. The fourth-order valence-electron chi connectivity index (χ4n) is 1.80. The van der Waals surface area contributed by atoms with E-state index in [1.165, 1.54) is 0 Å². The largest absolute Gasteiger partial charge is 0.368 e. The van der Waals surface area contributed by atoms with Crippen LogP contribution in [0.25, 0.3) is 0 Å². The molecular weight excluding hydrogens is 188 g/mol. The Balaban J connectivity index is 2.32. The molecule has 0 aliphatic carbocycles. The lowest BCUT2D eigenvalue weighted by Crippen LogP contribution is -2.43. The van der Waals surface area contributed by atoms with Gasteiger partial charge in [0, 0.05) is 38.1 Å². The monoisotopic (exact) mass is 202 g/mol. The summed E-state index contributed by atoms with van der Waals surface area (Å²) in [6, 6.07) is 4.19. The molecule has 0 atom stereocenters. The zero-order chi connectivity index (χ0) is 10.7. The lowest BCUT2D eigenvalue weighted by molar-refractivity contribution is 0.588. The maximum atomic E-state index is 9.01. The van der Waals surface area contributed by atoms with Crippen molar-refractivity contribution in [3.05, 3.63) is 23.5 Å². The van der Waals surface area contributed by atoms with Crippen LogP contribution in [0.15, 0.2) is 12.3 Å². The Morgan fingerprint density at radius 2 is 2.20 bits per heavy atom. The first-order valence-electron chi connectivity index (χ1n) is 5.13. The van der Waals surface area contributed by atoms with Gasteiger partial charge in [0.05, 0.1) is 11.3 Å². The van der Waals surface area contributed by atoms with Gasteiger partial charge in [-0.2, -0.15) is 5.26 Å². The lowest BCUT2D eigenvalue weighted by atomic mass is 10.2. The first-order chi connectivity index (χ1) is 7.31. The van der Waals surface area contributed by atoms with Crippen LogP contribution in [0.3, 0.4) is 0 Å². The minimum atomic E-state index is 0.669. The Morgan fingerprint density at radius 3 is 2.87 bits per heavy atom. The van der Waals surface area contributed by atoms with E-state index in [2.05, 4.69) is 21.3 Å². The van der Waals surface area contributed by atoms with Crippen molar-refractivity contribution < 1.29 is 0 Å². The fraction of sp³-hybridized carbons (Fsp3) is 0.455. The summed E-state index contributed by atoms with van der Waals surface area (Å²) in [5.74, 6) is 0. The molecule has 0 spiro atoms. The molecule has 1 aromatic rings. The van der Waals surface area contributed by atoms with Crippen molar-refractivity contribution in [2.75, 3.05) is 31.1 Å². The molecule has 2 heterocycles. The molecule has 15 heavy (non-hydrogen) atoms. The second-order valence-electron chi connectivity index (χ2n) is 3.69. The van der Waals surface area contributed by atoms with Gasteiger partial charge in [-0.3, -0.25) is 4.98 Å². The molecule has 1 aliphatic rings. The van der Waals surface area contributed by atoms with E-state index in [4.69, 9.17) is 5.26 Å². The second-order valence-corrected chi connectivity index (χ2v) is 3.69. The summed E-state index contributed by atoms with van der Waals surface area (Å²) >= 11 is 0. The average molecular weight is 202 g/mol. The quantitative estimate of drug-likeness (QED) is 0.727. The van der Waals surface area contributed by atoms with Crippen LogP contribution < -0.4 is 10.2 Å². The minimum absolute atomic E-state index is 0.669. The number of nitriles is 1. The first-order valence-corrected chi connectivity index (χ1v) is 5.13. The van der Waals surface area contributed by atoms with Gasteiger partial charge in [0.2, 0.25) is 0 Å².